The number of hydrogen-bond donors (Lipinski definition) is 0. The second-order valence-electron chi connectivity index (χ2n) is 4.22. The van der Waals surface area contributed by atoms with Crippen molar-refractivity contribution in [2.45, 2.75) is 0 Å². The number of rotatable bonds is 3. The molecule has 0 amide bonds. The van der Waals surface area contributed by atoms with Crippen molar-refractivity contribution in [3.05, 3.63) is 69.3 Å². The van der Waals surface area contributed by atoms with Crippen molar-refractivity contribution in [1.29, 1.82) is 0 Å². The first-order valence-corrected chi connectivity index (χ1v) is 6.87. The third kappa shape index (κ3) is 2.44. The van der Waals surface area contributed by atoms with Crippen molar-refractivity contribution in [3.63, 3.8) is 0 Å². The highest BCUT2D eigenvalue weighted by Crippen LogP contribution is 2.24. The molecule has 0 spiro atoms. The average molecular weight is 282 g/mol. The Kier molecular flexibility index (Phi) is 3.26. The van der Waals surface area contributed by atoms with Crippen LogP contribution in [0.5, 0.6) is 0 Å². The Balaban J connectivity index is 1.90. The summed E-state index contributed by atoms with van der Waals surface area (Å²) in [6.07, 6.45) is 5.62. The van der Waals surface area contributed by atoms with Gasteiger partial charge in [-0.15, -0.1) is 11.3 Å². The van der Waals surface area contributed by atoms with Gasteiger partial charge in [0.1, 0.15) is 0 Å². The van der Waals surface area contributed by atoms with Crippen molar-refractivity contribution >= 4 is 39.3 Å². The predicted octanol–water partition coefficient (Wildman–Crippen LogP) is 4.37. The number of thiophene rings is 1. The lowest BCUT2D eigenvalue weighted by atomic mass is 10.1. The fourth-order valence-corrected chi connectivity index (χ4v) is 2.78. The standard InChI is InChI=1S/C15H10N2O2S/c18-17(19)13-4-1-11(2-5-13)3-6-14-15-12(7-9-16-14)8-10-20-15/h1-10H/b6-3+. The number of aromatic nitrogens is 1. The van der Waals surface area contributed by atoms with Crippen LogP contribution in [0.25, 0.3) is 22.2 Å². The van der Waals surface area contributed by atoms with E-state index in [9.17, 15) is 10.1 Å². The molecule has 4 nitrogen and oxygen atoms in total. The molecule has 0 fully saturated rings. The third-order valence-electron chi connectivity index (χ3n) is 2.93. The summed E-state index contributed by atoms with van der Waals surface area (Å²) in [4.78, 5) is 14.5. The van der Waals surface area contributed by atoms with Crippen LogP contribution < -0.4 is 0 Å². The summed E-state index contributed by atoms with van der Waals surface area (Å²) in [5.74, 6) is 0. The highest BCUT2D eigenvalue weighted by atomic mass is 32.1. The van der Waals surface area contributed by atoms with Gasteiger partial charge in [0, 0.05) is 18.3 Å². The van der Waals surface area contributed by atoms with Crippen LogP contribution in [0.3, 0.4) is 0 Å². The van der Waals surface area contributed by atoms with Gasteiger partial charge in [-0.1, -0.05) is 6.08 Å². The number of nitro groups is 1. The minimum atomic E-state index is -0.401. The molecule has 0 bridgehead atoms. The summed E-state index contributed by atoms with van der Waals surface area (Å²) in [5.41, 5.74) is 1.92. The van der Waals surface area contributed by atoms with Crippen LogP contribution in [0.1, 0.15) is 11.3 Å². The van der Waals surface area contributed by atoms with Crippen molar-refractivity contribution in [1.82, 2.24) is 4.98 Å². The molecule has 0 N–H and O–H groups in total. The Bertz CT molecular complexity index is 791. The summed E-state index contributed by atoms with van der Waals surface area (Å²) in [6, 6.07) is 10.5. The molecular formula is C15H10N2O2S. The number of non-ortho nitro benzene ring substituents is 1. The maximum absolute atomic E-state index is 10.6. The van der Waals surface area contributed by atoms with Crippen LogP contribution in [0.15, 0.2) is 48.0 Å². The molecule has 20 heavy (non-hydrogen) atoms. The fraction of sp³-hybridized carbons (Fsp3) is 0. The molecule has 2 heterocycles. The van der Waals surface area contributed by atoms with Gasteiger partial charge >= 0.3 is 0 Å². The second kappa shape index (κ2) is 5.22. The van der Waals surface area contributed by atoms with Gasteiger partial charge in [0.15, 0.2) is 0 Å². The summed E-state index contributed by atoms with van der Waals surface area (Å²) in [7, 11) is 0. The zero-order valence-electron chi connectivity index (χ0n) is 10.4. The van der Waals surface area contributed by atoms with Crippen LogP contribution in [0, 0.1) is 10.1 Å². The van der Waals surface area contributed by atoms with E-state index in [4.69, 9.17) is 0 Å². The Morgan fingerprint density at radius 3 is 2.65 bits per heavy atom. The highest BCUT2D eigenvalue weighted by molar-refractivity contribution is 7.17. The van der Waals surface area contributed by atoms with E-state index in [1.807, 2.05) is 23.6 Å². The van der Waals surface area contributed by atoms with Gasteiger partial charge in [-0.3, -0.25) is 15.1 Å². The number of hydrogen-bond acceptors (Lipinski definition) is 4. The molecule has 0 aliphatic heterocycles. The molecule has 2 aromatic heterocycles. The quantitative estimate of drug-likeness (QED) is 0.529. The molecule has 0 saturated heterocycles. The first-order valence-electron chi connectivity index (χ1n) is 5.99. The SMILES string of the molecule is O=[N+]([O-])c1ccc(/C=C/c2nccc3ccsc23)cc1. The van der Waals surface area contributed by atoms with Gasteiger partial charge in [-0.25, -0.2) is 0 Å². The minimum Gasteiger partial charge on any atom is -0.258 e. The lowest BCUT2D eigenvalue weighted by Crippen LogP contribution is -1.86. The smallest absolute Gasteiger partial charge is 0.258 e. The molecule has 0 aliphatic carbocycles. The Morgan fingerprint density at radius 1 is 1.10 bits per heavy atom. The molecule has 0 unspecified atom stereocenters. The number of nitrogens with zero attached hydrogens (tertiary/aromatic N) is 2. The van der Waals surface area contributed by atoms with Gasteiger partial charge < -0.3 is 0 Å². The Morgan fingerprint density at radius 2 is 1.90 bits per heavy atom. The molecule has 0 atom stereocenters. The molecule has 3 aromatic rings. The maximum atomic E-state index is 10.6. The van der Waals surface area contributed by atoms with Crippen molar-refractivity contribution < 1.29 is 4.92 Å². The van der Waals surface area contributed by atoms with E-state index in [1.165, 1.54) is 17.5 Å². The van der Waals surface area contributed by atoms with E-state index in [1.54, 1.807) is 29.7 Å². The van der Waals surface area contributed by atoms with E-state index in [-0.39, 0.29) is 5.69 Å². The first-order chi connectivity index (χ1) is 9.74. The van der Waals surface area contributed by atoms with Crippen molar-refractivity contribution in [3.8, 4) is 0 Å². The zero-order chi connectivity index (χ0) is 13.9. The molecule has 5 heteroatoms. The third-order valence-corrected chi connectivity index (χ3v) is 3.89. The van der Waals surface area contributed by atoms with Crippen molar-refractivity contribution in [2.75, 3.05) is 0 Å². The van der Waals surface area contributed by atoms with Gasteiger partial charge in [0.25, 0.3) is 5.69 Å². The number of benzene rings is 1. The van der Waals surface area contributed by atoms with Crippen LogP contribution in [-0.4, -0.2) is 9.91 Å². The molecule has 0 radical (unpaired) electrons. The summed E-state index contributed by atoms with van der Waals surface area (Å²) in [6.45, 7) is 0. The van der Waals surface area contributed by atoms with Gasteiger partial charge in [-0.05, 0) is 46.7 Å². The molecule has 3 rings (SSSR count). The predicted molar refractivity (Wildman–Crippen MR) is 81.6 cm³/mol. The van der Waals surface area contributed by atoms with E-state index in [2.05, 4.69) is 11.1 Å². The van der Waals surface area contributed by atoms with Gasteiger partial charge in [0.05, 0.1) is 15.3 Å². The maximum Gasteiger partial charge on any atom is 0.269 e. The first kappa shape index (κ1) is 12.5. The molecule has 98 valence electrons. The normalized spacial score (nSPS) is 11.2. The van der Waals surface area contributed by atoms with E-state index < -0.39 is 4.92 Å². The topological polar surface area (TPSA) is 56.0 Å². The molecule has 0 aliphatic rings. The van der Waals surface area contributed by atoms with Gasteiger partial charge in [0.2, 0.25) is 0 Å². The molecule has 1 aromatic carbocycles. The average Bonchev–Trinajstić information content (AvgIpc) is 2.94. The highest BCUT2D eigenvalue weighted by Gasteiger charge is 2.03. The summed E-state index contributed by atoms with van der Waals surface area (Å²) >= 11 is 1.65. The second-order valence-corrected chi connectivity index (χ2v) is 5.13. The summed E-state index contributed by atoms with van der Waals surface area (Å²) in [5, 5.41) is 13.8. The van der Waals surface area contributed by atoms with E-state index in [0.29, 0.717) is 0 Å². The lowest BCUT2D eigenvalue weighted by molar-refractivity contribution is -0.384. The van der Waals surface area contributed by atoms with Crippen molar-refractivity contribution in [2.24, 2.45) is 0 Å². The van der Waals surface area contributed by atoms with E-state index in [0.717, 1.165) is 16.0 Å². The van der Waals surface area contributed by atoms with Gasteiger partial charge in [-0.2, -0.15) is 0 Å². The summed E-state index contributed by atoms with van der Waals surface area (Å²) < 4.78 is 1.14. The largest absolute Gasteiger partial charge is 0.269 e. The van der Waals surface area contributed by atoms with E-state index >= 15 is 0 Å². The van der Waals surface area contributed by atoms with Crippen LogP contribution in [0.2, 0.25) is 0 Å². The number of fused-ring (bicyclic) bond motifs is 1. The molecular weight excluding hydrogens is 272 g/mol. The van der Waals surface area contributed by atoms with Crippen LogP contribution in [0.4, 0.5) is 5.69 Å². The number of nitro benzene ring substituents is 1. The fourth-order valence-electron chi connectivity index (χ4n) is 1.92. The van der Waals surface area contributed by atoms with Crippen LogP contribution in [-0.2, 0) is 0 Å². The van der Waals surface area contributed by atoms with Crippen LogP contribution >= 0.6 is 11.3 Å². The molecule has 0 saturated carbocycles. The lowest BCUT2D eigenvalue weighted by Gasteiger charge is -1.96. The Hall–Kier alpha value is -2.53. The Labute approximate surface area is 119 Å². The minimum absolute atomic E-state index is 0.0978. The number of pyridine rings is 1. The monoisotopic (exact) mass is 282 g/mol. The zero-order valence-corrected chi connectivity index (χ0v) is 11.2.